The summed E-state index contributed by atoms with van der Waals surface area (Å²) in [7, 11) is 0. The third kappa shape index (κ3) is 2.90. The summed E-state index contributed by atoms with van der Waals surface area (Å²) in [5.41, 5.74) is 5.77. The van der Waals surface area contributed by atoms with Crippen LogP contribution in [-0.4, -0.2) is 41.9 Å². The summed E-state index contributed by atoms with van der Waals surface area (Å²) in [6.07, 6.45) is 0. The Kier molecular flexibility index (Phi) is 3.33. The molecule has 1 rings (SSSR count). The largest absolute Gasteiger partial charge is 0.370 e. The second-order valence-electron chi connectivity index (χ2n) is 3.93. The quantitative estimate of drug-likeness (QED) is 0.442. The van der Waals surface area contributed by atoms with Crippen LogP contribution < -0.4 is 11.1 Å². The third-order valence-corrected chi connectivity index (χ3v) is 1.95. The van der Waals surface area contributed by atoms with Gasteiger partial charge in [-0.25, -0.2) is 0 Å². The Balaban J connectivity index is 2.63. The van der Waals surface area contributed by atoms with Crippen molar-refractivity contribution in [2.75, 3.05) is 13.1 Å². The molecule has 0 saturated carbocycles. The van der Waals surface area contributed by atoms with Crippen LogP contribution in [0.2, 0.25) is 0 Å². The second kappa shape index (κ2) is 4.30. The van der Waals surface area contributed by atoms with E-state index in [4.69, 9.17) is 5.73 Å². The second-order valence-corrected chi connectivity index (χ2v) is 3.93. The predicted molar refractivity (Wildman–Crippen MR) is 55.9 cm³/mol. The van der Waals surface area contributed by atoms with E-state index >= 15 is 0 Å². The van der Waals surface area contributed by atoms with Crippen molar-refractivity contribution >= 4 is 11.9 Å². The van der Waals surface area contributed by atoms with Crippen molar-refractivity contribution < 1.29 is 4.79 Å². The van der Waals surface area contributed by atoms with Crippen LogP contribution in [0.4, 0.5) is 0 Å². The summed E-state index contributed by atoms with van der Waals surface area (Å²) in [6, 6.07) is 0.299. The van der Waals surface area contributed by atoms with E-state index in [0.29, 0.717) is 12.5 Å². The molecule has 0 aromatic heterocycles. The van der Waals surface area contributed by atoms with Gasteiger partial charge in [0, 0.05) is 18.6 Å². The molecule has 80 valence electrons. The Bertz CT molecular complexity index is 249. The van der Waals surface area contributed by atoms with Gasteiger partial charge in [0.15, 0.2) is 5.96 Å². The molecule has 1 aliphatic rings. The fourth-order valence-corrected chi connectivity index (χ4v) is 1.46. The molecule has 0 aromatic carbocycles. The molecular formula is C9H18N4O. The van der Waals surface area contributed by atoms with Crippen LogP contribution in [0.1, 0.15) is 20.8 Å². The van der Waals surface area contributed by atoms with Crippen molar-refractivity contribution in [2.24, 2.45) is 10.7 Å². The number of carbonyl (C=O) groups excluding carboxylic acids is 1. The van der Waals surface area contributed by atoms with Crippen LogP contribution in [0.15, 0.2) is 4.99 Å². The number of nitrogens with two attached hydrogens (primary N) is 1. The van der Waals surface area contributed by atoms with Crippen molar-refractivity contribution in [3.05, 3.63) is 0 Å². The number of hydrogen-bond acceptors (Lipinski definition) is 2. The summed E-state index contributed by atoms with van der Waals surface area (Å²) < 4.78 is 0. The molecule has 1 unspecified atom stereocenters. The maximum atomic E-state index is 11.2. The lowest BCUT2D eigenvalue weighted by atomic mass is 10.2. The molecule has 1 fully saturated rings. The van der Waals surface area contributed by atoms with Crippen LogP contribution in [0.25, 0.3) is 0 Å². The molecule has 5 nitrogen and oxygen atoms in total. The van der Waals surface area contributed by atoms with Crippen molar-refractivity contribution in [1.82, 2.24) is 10.2 Å². The summed E-state index contributed by atoms with van der Waals surface area (Å²) in [6.45, 7) is 6.91. The van der Waals surface area contributed by atoms with E-state index in [1.165, 1.54) is 0 Å². The predicted octanol–water partition coefficient (Wildman–Crippen LogP) is -0.470. The van der Waals surface area contributed by atoms with Crippen LogP contribution >= 0.6 is 0 Å². The molecular weight excluding hydrogens is 180 g/mol. The van der Waals surface area contributed by atoms with E-state index in [2.05, 4.69) is 10.3 Å². The first-order valence-corrected chi connectivity index (χ1v) is 4.86. The van der Waals surface area contributed by atoms with Gasteiger partial charge in [0.25, 0.3) is 0 Å². The standard InChI is InChI=1S/C9H18N4O/c1-6(2)11-9(10)13-4-7(3)12-8(14)5-13/h6-7H,4-5H2,1-3H3,(H2,10,11)(H,12,14). The minimum absolute atomic E-state index is 0.00524. The van der Waals surface area contributed by atoms with Gasteiger partial charge in [0.05, 0.1) is 6.54 Å². The number of rotatable bonds is 1. The highest BCUT2D eigenvalue weighted by Gasteiger charge is 2.22. The van der Waals surface area contributed by atoms with E-state index < -0.39 is 0 Å². The van der Waals surface area contributed by atoms with Crippen LogP contribution in [-0.2, 0) is 4.79 Å². The number of hydrogen-bond donors (Lipinski definition) is 2. The molecule has 0 aliphatic carbocycles. The Morgan fingerprint density at radius 2 is 2.36 bits per heavy atom. The minimum Gasteiger partial charge on any atom is -0.370 e. The molecule has 1 amide bonds. The topological polar surface area (TPSA) is 70.7 Å². The highest BCUT2D eigenvalue weighted by Crippen LogP contribution is 2.00. The molecule has 1 saturated heterocycles. The first-order chi connectivity index (χ1) is 6.49. The first kappa shape index (κ1) is 10.8. The number of piperazine rings is 1. The highest BCUT2D eigenvalue weighted by atomic mass is 16.2. The van der Waals surface area contributed by atoms with Crippen LogP contribution in [0.3, 0.4) is 0 Å². The molecule has 1 heterocycles. The molecule has 1 aliphatic heterocycles. The maximum absolute atomic E-state index is 11.2. The Morgan fingerprint density at radius 1 is 1.71 bits per heavy atom. The number of guanidine groups is 1. The lowest BCUT2D eigenvalue weighted by Crippen LogP contribution is -2.56. The number of carbonyl (C=O) groups is 1. The SMILES string of the molecule is CC(C)N=C(N)N1CC(=O)NC(C)C1. The fourth-order valence-electron chi connectivity index (χ4n) is 1.46. The number of nitrogens with one attached hydrogen (secondary N) is 1. The monoisotopic (exact) mass is 198 g/mol. The van der Waals surface area contributed by atoms with Gasteiger partial charge < -0.3 is 16.0 Å². The molecule has 0 bridgehead atoms. The van der Waals surface area contributed by atoms with Crippen molar-refractivity contribution in [3.8, 4) is 0 Å². The van der Waals surface area contributed by atoms with Crippen molar-refractivity contribution in [3.63, 3.8) is 0 Å². The Hall–Kier alpha value is -1.26. The third-order valence-electron chi connectivity index (χ3n) is 1.95. The van der Waals surface area contributed by atoms with Gasteiger partial charge in [-0.05, 0) is 20.8 Å². The average Bonchev–Trinajstić information content (AvgIpc) is 2.00. The summed E-state index contributed by atoms with van der Waals surface area (Å²) in [4.78, 5) is 17.2. The first-order valence-electron chi connectivity index (χ1n) is 4.86. The van der Waals surface area contributed by atoms with Gasteiger partial charge >= 0.3 is 0 Å². The molecule has 0 aromatic rings. The molecule has 1 atom stereocenters. The lowest BCUT2D eigenvalue weighted by Gasteiger charge is -2.32. The number of nitrogens with zero attached hydrogens (tertiary/aromatic N) is 2. The van der Waals surface area contributed by atoms with Crippen molar-refractivity contribution in [1.29, 1.82) is 0 Å². The smallest absolute Gasteiger partial charge is 0.239 e. The molecule has 0 spiro atoms. The van der Waals surface area contributed by atoms with E-state index in [-0.39, 0.29) is 18.0 Å². The van der Waals surface area contributed by atoms with E-state index in [0.717, 1.165) is 6.54 Å². The number of amides is 1. The van der Waals surface area contributed by atoms with E-state index in [1.807, 2.05) is 25.7 Å². The summed E-state index contributed by atoms with van der Waals surface area (Å²) in [5, 5.41) is 2.83. The molecule has 3 N–H and O–H groups in total. The van der Waals surface area contributed by atoms with E-state index in [9.17, 15) is 4.79 Å². The number of aliphatic imine (C=N–C) groups is 1. The Morgan fingerprint density at radius 3 is 2.86 bits per heavy atom. The zero-order valence-corrected chi connectivity index (χ0v) is 8.95. The Labute approximate surface area is 84.4 Å². The summed E-state index contributed by atoms with van der Waals surface area (Å²) >= 11 is 0. The summed E-state index contributed by atoms with van der Waals surface area (Å²) in [5.74, 6) is 0.465. The average molecular weight is 198 g/mol. The van der Waals surface area contributed by atoms with Gasteiger partial charge in [-0.2, -0.15) is 0 Å². The zero-order valence-electron chi connectivity index (χ0n) is 8.95. The van der Waals surface area contributed by atoms with Gasteiger partial charge in [-0.15, -0.1) is 0 Å². The maximum Gasteiger partial charge on any atom is 0.239 e. The van der Waals surface area contributed by atoms with E-state index in [1.54, 1.807) is 0 Å². The molecule has 5 heteroatoms. The molecule has 0 radical (unpaired) electrons. The van der Waals surface area contributed by atoms with Gasteiger partial charge in [0.1, 0.15) is 0 Å². The van der Waals surface area contributed by atoms with Gasteiger partial charge in [-0.3, -0.25) is 9.79 Å². The highest BCUT2D eigenvalue weighted by molar-refractivity contribution is 5.87. The van der Waals surface area contributed by atoms with Crippen LogP contribution in [0, 0.1) is 0 Å². The lowest BCUT2D eigenvalue weighted by molar-refractivity contribution is -0.123. The molecule has 14 heavy (non-hydrogen) atoms. The fraction of sp³-hybridized carbons (Fsp3) is 0.778. The minimum atomic E-state index is 0.00524. The zero-order chi connectivity index (χ0) is 10.7. The van der Waals surface area contributed by atoms with Gasteiger partial charge in [-0.1, -0.05) is 0 Å². The van der Waals surface area contributed by atoms with Crippen LogP contribution in [0.5, 0.6) is 0 Å². The normalized spacial score (nSPS) is 24.0. The van der Waals surface area contributed by atoms with Gasteiger partial charge in [0.2, 0.25) is 5.91 Å². The van der Waals surface area contributed by atoms with Crippen molar-refractivity contribution in [2.45, 2.75) is 32.9 Å².